The van der Waals surface area contributed by atoms with Crippen LogP contribution < -0.4 is 5.32 Å². The number of anilines is 1. The predicted molar refractivity (Wildman–Crippen MR) is 71.2 cm³/mol. The van der Waals surface area contributed by atoms with Gasteiger partial charge in [0.05, 0.1) is 0 Å². The minimum Gasteiger partial charge on any atom is -0.478 e. The number of nitrogens with one attached hydrogen (secondary N) is 1. The number of rotatable bonds is 5. The molecule has 0 aliphatic carbocycles. The summed E-state index contributed by atoms with van der Waals surface area (Å²) in [5.74, 6) is -1.99. The van der Waals surface area contributed by atoms with Crippen molar-refractivity contribution in [2.75, 3.05) is 5.32 Å². The molecule has 1 aromatic carbocycles. The topological polar surface area (TPSA) is 66.4 Å². The van der Waals surface area contributed by atoms with Crippen LogP contribution in [0, 0.1) is 11.7 Å². The van der Waals surface area contributed by atoms with Crippen LogP contribution in [-0.4, -0.2) is 17.0 Å². The van der Waals surface area contributed by atoms with Crippen LogP contribution in [-0.2, 0) is 9.59 Å². The van der Waals surface area contributed by atoms with E-state index in [4.69, 9.17) is 5.11 Å². The van der Waals surface area contributed by atoms with Crippen molar-refractivity contribution in [1.82, 2.24) is 0 Å². The molecule has 0 aromatic heterocycles. The molecule has 1 unspecified atom stereocenters. The largest absolute Gasteiger partial charge is 0.478 e. The third-order valence-electron chi connectivity index (χ3n) is 2.73. The number of carbonyl (C=O) groups is 2. The maximum Gasteiger partial charge on any atom is 0.328 e. The zero-order chi connectivity index (χ0) is 14.4. The molecule has 0 heterocycles. The first-order valence-corrected chi connectivity index (χ1v) is 5.95. The number of aliphatic carboxylic acids is 1. The van der Waals surface area contributed by atoms with Gasteiger partial charge in [-0.1, -0.05) is 13.8 Å². The Morgan fingerprint density at radius 2 is 2.16 bits per heavy atom. The summed E-state index contributed by atoms with van der Waals surface area (Å²) in [5, 5.41) is 11.2. The summed E-state index contributed by atoms with van der Waals surface area (Å²) in [6, 6.07) is 4.02. The molecule has 1 amide bonds. The molecule has 102 valence electrons. The van der Waals surface area contributed by atoms with E-state index in [0.29, 0.717) is 12.1 Å². The Balaban J connectivity index is 2.90. The van der Waals surface area contributed by atoms with E-state index in [1.165, 1.54) is 18.2 Å². The summed E-state index contributed by atoms with van der Waals surface area (Å²) in [4.78, 5) is 22.1. The van der Waals surface area contributed by atoms with E-state index in [1.54, 1.807) is 6.92 Å². The summed E-state index contributed by atoms with van der Waals surface area (Å²) in [6.45, 7) is 3.69. The van der Waals surface area contributed by atoms with Crippen molar-refractivity contribution in [3.8, 4) is 0 Å². The molecule has 19 heavy (non-hydrogen) atoms. The van der Waals surface area contributed by atoms with Gasteiger partial charge in [0.25, 0.3) is 0 Å². The Kier molecular flexibility index (Phi) is 5.23. The lowest BCUT2D eigenvalue weighted by Crippen LogP contribution is -2.19. The summed E-state index contributed by atoms with van der Waals surface area (Å²) in [6.07, 6.45) is 2.70. The fourth-order valence-electron chi connectivity index (χ4n) is 1.36. The summed E-state index contributed by atoms with van der Waals surface area (Å²) in [7, 11) is 0. The molecule has 2 N–H and O–H groups in total. The summed E-state index contributed by atoms with van der Waals surface area (Å²) >= 11 is 0. The lowest BCUT2D eigenvalue weighted by atomic mass is 10.1. The van der Waals surface area contributed by atoms with Crippen molar-refractivity contribution >= 4 is 23.6 Å². The molecule has 0 saturated heterocycles. The molecule has 0 aliphatic rings. The number of hydrogen-bond donors (Lipinski definition) is 2. The normalized spacial score (nSPS) is 12.4. The molecular weight excluding hydrogens is 249 g/mol. The second kappa shape index (κ2) is 6.68. The van der Waals surface area contributed by atoms with Crippen LogP contribution in [0.3, 0.4) is 0 Å². The highest BCUT2D eigenvalue weighted by atomic mass is 19.1. The Hall–Kier alpha value is -2.17. The molecule has 5 heteroatoms. The first-order valence-electron chi connectivity index (χ1n) is 5.95. The maximum absolute atomic E-state index is 13.4. The Bertz CT molecular complexity index is 511. The van der Waals surface area contributed by atoms with Crippen LogP contribution in [0.4, 0.5) is 10.1 Å². The van der Waals surface area contributed by atoms with Gasteiger partial charge in [-0.15, -0.1) is 0 Å². The zero-order valence-corrected chi connectivity index (χ0v) is 10.8. The molecule has 0 spiro atoms. The third kappa shape index (κ3) is 4.54. The Labute approximate surface area is 110 Å². The van der Waals surface area contributed by atoms with Crippen LogP contribution in [0.1, 0.15) is 25.8 Å². The second-order valence-corrected chi connectivity index (χ2v) is 4.21. The standard InChI is InChI=1S/C14H16FNO3/c1-3-9(2)14(19)16-11-5-6-12(15)10(8-11)4-7-13(17)18/h4-9H,3H2,1-2H3,(H,16,19)(H,17,18)/b7-4+. The molecule has 0 aliphatic heterocycles. The first kappa shape index (κ1) is 14.9. The molecule has 1 rings (SSSR count). The van der Waals surface area contributed by atoms with Gasteiger partial charge in [-0.2, -0.15) is 0 Å². The van der Waals surface area contributed by atoms with Crippen LogP contribution >= 0.6 is 0 Å². The highest BCUT2D eigenvalue weighted by molar-refractivity contribution is 5.92. The minimum absolute atomic E-state index is 0.115. The number of carbonyl (C=O) groups excluding carboxylic acids is 1. The number of carboxylic acids is 1. The summed E-state index contributed by atoms with van der Waals surface area (Å²) in [5.41, 5.74) is 0.557. The molecule has 4 nitrogen and oxygen atoms in total. The number of hydrogen-bond acceptors (Lipinski definition) is 2. The van der Waals surface area contributed by atoms with Gasteiger partial charge in [0.1, 0.15) is 5.82 Å². The average Bonchev–Trinajstić information content (AvgIpc) is 2.38. The molecule has 0 bridgehead atoms. The second-order valence-electron chi connectivity index (χ2n) is 4.21. The summed E-state index contributed by atoms with van der Waals surface area (Å²) < 4.78 is 13.4. The predicted octanol–water partition coefficient (Wildman–Crippen LogP) is 2.91. The lowest BCUT2D eigenvalue weighted by molar-refractivity contribution is -0.131. The van der Waals surface area contributed by atoms with Gasteiger partial charge in [0.2, 0.25) is 5.91 Å². The molecule has 1 aromatic rings. The van der Waals surface area contributed by atoms with Crippen molar-refractivity contribution in [1.29, 1.82) is 0 Å². The van der Waals surface area contributed by atoms with Crippen LogP contribution in [0.25, 0.3) is 6.08 Å². The number of halogens is 1. The third-order valence-corrected chi connectivity index (χ3v) is 2.73. The van der Waals surface area contributed by atoms with Gasteiger partial charge in [-0.3, -0.25) is 4.79 Å². The van der Waals surface area contributed by atoms with E-state index in [2.05, 4.69) is 5.32 Å². The molecule has 0 fully saturated rings. The fraction of sp³-hybridized carbons (Fsp3) is 0.286. The fourth-order valence-corrected chi connectivity index (χ4v) is 1.36. The smallest absolute Gasteiger partial charge is 0.328 e. The van der Waals surface area contributed by atoms with Crippen molar-refractivity contribution in [2.45, 2.75) is 20.3 Å². The lowest BCUT2D eigenvalue weighted by Gasteiger charge is -2.10. The zero-order valence-electron chi connectivity index (χ0n) is 10.8. The van der Waals surface area contributed by atoms with Crippen LogP contribution in [0.2, 0.25) is 0 Å². The van der Waals surface area contributed by atoms with E-state index in [0.717, 1.165) is 12.2 Å². The van der Waals surface area contributed by atoms with Crippen LogP contribution in [0.5, 0.6) is 0 Å². The molecular formula is C14H16FNO3. The molecule has 0 radical (unpaired) electrons. The van der Waals surface area contributed by atoms with Gasteiger partial charge < -0.3 is 10.4 Å². The average molecular weight is 265 g/mol. The Morgan fingerprint density at radius 1 is 1.47 bits per heavy atom. The SMILES string of the molecule is CCC(C)C(=O)Nc1ccc(F)c(/C=C/C(=O)O)c1. The number of amides is 1. The van der Waals surface area contributed by atoms with E-state index >= 15 is 0 Å². The van der Waals surface area contributed by atoms with Crippen LogP contribution in [0.15, 0.2) is 24.3 Å². The highest BCUT2D eigenvalue weighted by Gasteiger charge is 2.11. The van der Waals surface area contributed by atoms with Gasteiger partial charge in [-0.25, -0.2) is 9.18 Å². The van der Waals surface area contributed by atoms with Gasteiger partial charge in [0, 0.05) is 23.2 Å². The first-order chi connectivity index (χ1) is 8.93. The van der Waals surface area contributed by atoms with Crippen molar-refractivity contribution in [3.05, 3.63) is 35.7 Å². The van der Waals surface area contributed by atoms with Crippen molar-refractivity contribution < 1.29 is 19.1 Å². The monoisotopic (exact) mass is 265 g/mol. The maximum atomic E-state index is 13.4. The minimum atomic E-state index is -1.16. The van der Waals surface area contributed by atoms with E-state index < -0.39 is 11.8 Å². The molecule has 0 saturated carbocycles. The van der Waals surface area contributed by atoms with E-state index in [1.807, 2.05) is 6.92 Å². The Morgan fingerprint density at radius 3 is 2.74 bits per heavy atom. The van der Waals surface area contributed by atoms with Crippen molar-refractivity contribution in [3.63, 3.8) is 0 Å². The van der Waals surface area contributed by atoms with Gasteiger partial charge >= 0.3 is 5.97 Å². The van der Waals surface area contributed by atoms with Crippen molar-refractivity contribution in [2.24, 2.45) is 5.92 Å². The van der Waals surface area contributed by atoms with Gasteiger partial charge in [-0.05, 0) is 30.7 Å². The highest BCUT2D eigenvalue weighted by Crippen LogP contribution is 2.17. The van der Waals surface area contributed by atoms with E-state index in [-0.39, 0.29) is 17.4 Å². The number of carboxylic acid groups (broad SMARTS) is 1. The van der Waals surface area contributed by atoms with Gasteiger partial charge in [0.15, 0.2) is 0 Å². The van der Waals surface area contributed by atoms with E-state index in [9.17, 15) is 14.0 Å². The molecule has 1 atom stereocenters. The number of benzene rings is 1. The quantitative estimate of drug-likeness (QED) is 0.804.